The normalized spacial score (nSPS) is 36.1. The Labute approximate surface area is 120 Å². The molecule has 116 valence electrons. The van der Waals surface area contributed by atoms with Crippen molar-refractivity contribution in [2.45, 2.75) is 57.3 Å². The minimum absolute atomic E-state index is 0.00941. The van der Waals surface area contributed by atoms with Gasteiger partial charge in [0.2, 0.25) is 0 Å². The van der Waals surface area contributed by atoms with Crippen molar-refractivity contribution in [1.82, 2.24) is 4.90 Å². The van der Waals surface area contributed by atoms with Crippen LogP contribution in [0.15, 0.2) is 0 Å². The molecule has 1 atom stereocenters. The van der Waals surface area contributed by atoms with Crippen molar-refractivity contribution in [3.63, 3.8) is 0 Å². The van der Waals surface area contributed by atoms with Crippen molar-refractivity contribution in [1.29, 1.82) is 0 Å². The zero-order chi connectivity index (χ0) is 14.3. The largest absolute Gasteiger partial charge is 0.384 e. The van der Waals surface area contributed by atoms with E-state index in [0.29, 0.717) is 12.0 Å². The lowest BCUT2D eigenvalue weighted by molar-refractivity contribution is -0.00978. The zero-order valence-electron chi connectivity index (χ0n) is 12.6. The maximum atomic E-state index is 13.6. The number of rotatable bonds is 4. The Morgan fingerprint density at radius 2 is 1.60 bits per heavy atom. The fraction of sp³-hybridized carbons (Fsp3) is 1.00. The molecule has 0 aromatic rings. The molecular formula is C16H27F2NO. The Kier molecular flexibility index (Phi) is 3.83. The molecule has 0 radical (unpaired) electrons. The third-order valence-corrected chi connectivity index (χ3v) is 5.99. The van der Waals surface area contributed by atoms with Crippen molar-refractivity contribution < 1.29 is 13.5 Å². The van der Waals surface area contributed by atoms with Gasteiger partial charge in [-0.3, -0.25) is 0 Å². The molecule has 0 amide bonds. The molecular weight excluding hydrogens is 260 g/mol. The van der Waals surface area contributed by atoms with Gasteiger partial charge in [0.1, 0.15) is 0 Å². The van der Waals surface area contributed by atoms with Gasteiger partial charge in [0.15, 0.2) is 0 Å². The van der Waals surface area contributed by atoms with Crippen LogP contribution in [0.25, 0.3) is 0 Å². The Balaban J connectivity index is 1.53. The predicted octanol–water partition coefficient (Wildman–Crippen LogP) is 3.70. The van der Waals surface area contributed by atoms with E-state index in [2.05, 4.69) is 4.90 Å². The summed E-state index contributed by atoms with van der Waals surface area (Å²) in [5.74, 6) is -2.51. The minimum atomic E-state index is -2.51. The lowest BCUT2D eigenvalue weighted by Gasteiger charge is -2.45. The molecule has 2 aliphatic carbocycles. The highest BCUT2D eigenvalue weighted by Gasteiger charge is 2.71. The molecule has 20 heavy (non-hydrogen) atoms. The van der Waals surface area contributed by atoms with Crippen LogP contribution < -0.4 is 0 Å². The van der Waals surface area contributed by atoms with Gasteiger partial charge in [-0.15, -0.1) is 0 Å². The zero-order valence-corrected chi connectivity index (χ0v) is 12.6. The second kappa shape index (κ2) is 5.20. The van der Waals surface area contributed by atoms with Crippen LogP contribution in [0.2, 0.25) is 0 Å². The van der Waals surface area contributed by atoms with E-state index in [1.165, 1.54) is 52.1 Å². The monoisotopic (exact) mass is 287 g/mol. The summed E-state index contributed by atoms with van der Waals surface area (Å²) in [5, 5.41) is 0. The number of likely N-dealkylation sites (tertiary alicyclic amines) is 1. The predicted molar refractivity (Wildman–Crippen MR) is 75.1 cm³/mol. The summed E-state index contributed by atoms with van der Waals surface area (Å²) >= 11 is 0. The van der Waals surface area contributed by atoms with Crippen LogP contribution in [0.4, 0.5) is 8.78 Å². The highest BCUT2D eigenvalue weighted by Crippen LogP contribution is 2.61. The van der Waals surface area contributed by atoms with E-state index in [4.69, 9.17) is 4.74 Å². The highest BCUT2D eigenvalue weighted by molar-refractivity contribution is 5.12. The molecule has 3 aliphatic rings. The average molecular weight is 287 g/mol. The van der Waals surface area contributed by atoms with Crippen LogP contribution in [-0.2, 0) is 4.74 Å². The molecule has 3 rings (SSSR count). The molecule has 1 aliphatic heterocycles. The van der Waals surface area contributed by atoms with Crippen LogP contribution in [0.5, 0.6) is 0 Å². The third kappa shape index (κ3) is 2.61. The van der Waals surface area contributed by atoms with Gasteiger partial charge in [-0.25, -0.2) is 8.78 Å². The molecule has 3 fully saturated rings. The van der Waals surface area contributed by atoms with E-state index in [0.717, 1.165) is 13.1 Å². The number of piperidine rings is 1. The smallest absolute Gasteiger partial charge is 0.258 e. The van der Waals surface area contributed by atoms with E-state index in [1.807, 2.05) is 0 Å². The SMILES string of the molecule is COC[C@]1(CN2CCC3(CCCCC3)CC2)CC1(F)F. The Morgan fingerprint density at radius 1 is 1.00 bits per heavy atom. The molecule has 0 unspecified atom stereocenters. The topological polar surface area (TPSA) is 12.5 Å². The van der Waals surface area contributed by atoms with Crippen molar-refractivity contribution in [3.05, 3.63) is 0 Å². The summed E-state index contributed by atoms with van der Waals surface area (Å²) in [5.41, 5.74) is -0.339. The molecule has 0 bridgehead atoms. The second-order valence-electron chi connectivity index (χ2n) is 7.43. The summed E-state index contributed by atoms with van der Waals surface area (Å²) in [6, 6.07) is 0. The molecule has 1 saturated heterocycles. The van der Waals surface area contributed by atoms with Crippen LogP contribution in [-0.4, -0.2) is 44.2 Å². The summed E-state index contributed by atoms with van der Waals surface area (Å²) in [4.78, 5) is 2.26. The molecule has 0 aromatic carbocycles. The van der Waals surface area contributed by atoms with Crippen molar-refractivity contribution in [2.24, 2.45) is 10.8 Å². The molecule has 4 heteroatoms. The maximum Gasteiger partial charge on any atom is 0.258 e. The van der Waals surface area contributed by atoms with Crippen molar-refractivity contribution >= 4 is 0 Å². The first kappa shape index (κ1) is 14.7. The quantitative estimate of drug-likeness (QED) is 0.781. The van der Waals surface area contributed by atoms with Crippen molar-refractivity contribution in [2.75, 3.05) is 33.4 Å². The number of alkyl halides is 2. The van der Waals surface area contributed by atoms with Gasteiger partial charge in [-0.2, -0.15) is 0 Å². The Morgan fingerprint density at radius 3 is 2.10 bits per heavy atom. The number of hydrogen-bond donors (Lipinski definition) is 0. The van der Waals surface area contributed by atoms with Crippen LogP contribution in [0, 0.1) is 10.8 Å². The second-order valence-corrected chi connectivity index (χ2v) is 7.43. The van der Waals surface area contributed by atoms with Crippen molar-refractivity contribution in [3.8, 4) is 0 Å². The first-order valence-electron chi connectivity index (χ1n) is 8.10. The lowest BCUT2D eigenvalue weighted by Crippen LogP contribution is -2.44. The van der Waals surface area contributed by atoms with E-state index < -0.39 is 11.3 Å². The molecule has 0 aromatic heterocycles. The van der Waals surface area contributed by atoms with Gasteiger partial charge in [0, 0.05) is 20.1 Å². The van der Waals surface area contributed by atoms with E-state index >= 15 is 0 Å². The number of methoxy groups -OCH3 is 1. The van der Waals surface area contributed by atoms with Gasteiger partial charge < -0.3 is 9.64 Å². The highest BCUT2D eigenvalue weighted by atomic mass is 19.3. The fourth-order valence-corrected chi connectivity index (χ4v) is 4.45. The number of halogens is 2. The van der Waals surface area contributed by atoms with Gasteiger partial charge >= 0.3 is 0 Å². The van der Waals surface area contributed by atoms with Gasteiger partial charge in [-0.05, 0) is 44.2 Å². The van der Waals surface area contributed by atoms with E-state index in [-0.39, 0.29) is 13.0 Å². The van der Waals surface area contributed by atoms with Crippen LogP contribution in [0.3, 0.4) is 0 Å². The Bertz CT molecular complexity index is 344. The van der Waals surface area contributed by atoms with Gasteiger partial charge in [0.05, 0.1) is 12.0 Å². The summed E-state index contributed by atoms with van der Waals surface area (Å²) in [6.07, 6.45) is 9.27. The Hall–Kier alpha value is -0.220. The molecule has 1 heterocycles. The van der Waals surface area contributed by atoms with E-state index in [9.17, 15) is 8.78 Å². The number of hydrogen-bond acceptors (Lipinski definition) is 2. The molecule has 1 spiro atoms. The summed E-state index contributed by atoms with van der Waals surface area (Å²) < 4.78 is 32.3. The summed E-state index contributed by atoms with van der Waals surface area (Å²) in [7, 11) is 1.53. The number of nitrogens with zero attached hydrogens (tertiary/aromatic N) is 1. The van der Waals surface area contributed by atoms with Gasteiger partial charge in [-0.1, -0.05) is 19.3 Å². The standard InChI is InChI=1S/C16H27F2NO/c1-20-13-15(11-16(15,17)18)12-19-9-7-14(8-10-19)5-3-2-4-6-14/h2-13H2,1H3/t15-/m1/s1. The molecule has 0 N–H and O–H groups in total. The first-order chi connectivity index (χ1) is 9.51. The van der Waals surface area contributed by atoms with Gasteiger partial charge in [0.25, 0.3) is 5.92 Å². The molecule has 2 nitrogen and oxygen atoms in total. The lowest BCUT2D eigenvalue weighted by atomic mass is 9.68. The van der Waals surface area contributed by atoms with Crippen LogP contribution >= 0.6 is 0 Å². The third-order valence-electron chi connectivity index (χ3n) is 5.99. The fourth-order valence-electron chi connectivity index (χ4n) is 4.45. The number of ether oxygens (including phenoxy) is 1. The average Bonchev–Trinajstić information content (AvgIpc) is 2.95. The van der Waals surface area contributed by atoms with Crippen LogP contribution in [0.1, 0.15) is 51.4 Å². The minimum Gasteiger partial charge on any atom is -0.384 e. The summed E-state index contributed by atoms with van der Waals surface area (Å²) in [6.45, 7) is 2.72. The maximum absolute atomic E-state index is 13.6. The first-order valence-corrected chi connectivity index (χ1v) is 8.10. The van der Waals surface area contributed by atoms with E-state index in [1.54, 1.807) is 0 Å². The molecule has 2 saturated carbocycles.